The van der Waals surface area contributed by atoms with E-state index in [1.165, 1.54) is 5.56 Å². The number of methoxy groups -OCH3 is 1. The molecule has 28 heavy (non-hydrogen) atoms. The highest BCUT2D eigenvalue weighted by Crippen LogP contribution is 2.16. The molecule has 7 heteroatoms. The average Bonchev–Trinajstić information content (AvgIpc) is 2.74. The number of aromatic nitrogens is 1. The van der Waals surface area contributed by atoms with Crippen LogP contribution in [0.15, 0.2) is 51.9 Å². The largest absolute Gasteiger partial charge is 0.481 e. The highest BCUT2D eigenvalue weighted by Gasteiger charge is 2.20. The Morgan fingerprint density at radius 1 is 1.21 bits per heavy atom. The van der Waals surface area contributed by atoms with Gasteiger partial charge >= 0.3 is 0 Å². The molecule has 0 aliphatic carbocycles. The molecule has 1 fully saturated rings. The van der Waals surface area contributed by atoms with Gasteiger partial charge in [0.25, 0.3) is 0 Å². The predicted octanol–water partition coefficient (Wildman–Crippen LogP) is 3.18. The van der Waals surface area contributed by atoms with Crippen LogP contribution in [0, 0.1) is 0 Å². The van der Waals surface area contributed by atoms with Gasteiger partial charge < -0.3 is 15.4 Å². The molecule has 0 saturated carbocycles. The lowest BCUT2D eigenvalue weighted by Gasteiger charge is -2.33. The molecule has 1 saturated heterocycles. The van der Waals surface area contributed by atoms with E-state index in [4.69, 9.17) is 4.74 Å². The van der Waals surface area contributed by atoms with Gasteiger partial charge in [0.15, 0.2) is 5.96 Å². The number of hydrogen-bond acceptors (Lipinski definition) is 4. The van der Waals surface area contributed by atoms with Crippen LogP contribution in [-0.2, 0) is 13.1 Å². The van der Waals surface area contributed by atoms with Crippen molar-refractivity contribution >= 4 is 21.9 Å². The Bertz CT molecular complexity index is 773. The quantitative estimate of drug-likeness (QED) is 0.527. The summed E-state index contributed by atoms with van der Waals surface area (Å²) in [6, 6.07) is 14.8. The summed E-state index contributed by atoms with van der Waals surface area (Å²) >= 11 is 3.49. The van der Waals surface area contributed by atoms with Crippen LogP contribution in [0.4, 0.5) is 0 Å². The van der Waals surface area contributed by atoms with E-state index in [9.17, 15) is 0 Å². The van der Waals surface area contributed by atoms with Crippen molar-refractivity contribution in [3.63, 3.8) is 0 Å². The molecule has 2 heterocycles. The van der Waals surface area contributed by atoms with Gasteiger partial charge in [-0.3, -0.25) is 9.89 Å². The summed E-state index contributed by atoms with van der Waals surface area (Å²) in [5, 5.41) is 6.89. The van der Waals surface area contributed by atoms with Gasteiger partial charge in [0, 0.05) is 43.3 Å². The maximum absolute atomic E-state index is 5.18. The molecular formula is C21H28BrN5O. The molecule has 0 spiro atoms. The number of nitrogens with one attached hydrogen (secondary N) is 2. The predicted molar refractivity (Wildman–Crippen MR) is 117 cm³/mol. The molecular weight excluding hydrogens is 418 g/mol. The van der Waals surface area contributed by atoms with E-state index >= 15 is 0 Å². The first-order valence-corrected chi connectivity index (χ1v) is 10.4. The minimum atomic E-state index is 0.436. The van der Waals surface area contributed by atoms with Gasteiger partial charge in [0.05, 0.1) is 19.3 Å². The number of benzene rings is 1. The first-order valence-electron chi connectivity index (χ1n) is 9.60. The van der Waals surface area contributed by atoms with Gasteiger partial charge in [0.1, 0.15) is 0 Å². The van der Waals surface area contributed by atoms with Gasteiger partial charge in [-0.1, -0.05) is 34.1 Å². The van der Waals surface area contributed by atoms with Crippen LogP contribution in [0.5, 0.6) is 5.88 Å². The second kappa shape index (κ2) is 10.4. The third-order valence-corrected chi connectivity index (χ3v) is 5.43. The van der Waals surface area contributed by atoms with Crippen LogP contribution < -0.4 is 15.4 Å². The molecule has 6 nitrogen and oxygen atoms in total. The van der Waals surface area contributed by atoms with Gasteiger partial charge in [-0.2, -0.15) is 0 Å². The van der Waals surface area contributed by atoms with Gasteiger partial charge in [-0.25, -0.2) is 4.98 Å². The first kappa shape index (κ1) is 20.6. The SMILES string of the molecule is CN=C(NCc1cccc(OC)n1)NC1CCN(Cc2ccc(Br)cc2)CC1. The Morgan fingerprint density at radius 3 is 2.64 bits per heavy atom. The lowest BCUT2D eigenvalue weighted by Crippen LogP contribution is -2.48. The molecule has 0 atom stereocenters. The molecule has 1 aliphatic heterocycles. The summed E-state index contributed by atoms with van der Waals surface area (Å²) < 4.78 is 6.30. The smallest absolute Gasteiger partial charge is 0.213 e. The normalized spacial score (nSPS) is 16.0. The van der Waals surface area contributed by atoms with E-state index in [-0.39, 0.29) is 0 Å². The van der Waals surface area contributed by atoms with Gasteiger partial charge in [-0.05, 0) is 36.6 Å². The van der Waals surface area contributed by atoms with Crippen molar-refractivity contribution in [1.82, 2.24) is 20.5 Å². The fourth-order valence-electron chi connectivity index (χ4n) is 3.32. The maximum atomic E-state index is 5.18. The Kier molecular flexibility index (Phi) is 7.68. The molecule has 0 amide bonds. The number of hydrogen-bond donors (Lipinski definition) is 2. The minimum Gasteiger partial charge on any atom is -0.481 e. The fourth-order valence-corrected chi connectivity index (χ4v) is 3.58. The van der Waals surface area contributed by atoms with Crippen LogP contribution in [0.25, 0.3) is 0 Å². The molecule has 0 bridgehead atoms. The molecule has 150 valence electrons. The van der Waals surface area contributed by atoms with Crippen molar-refractivity contribution in [1.29, 1.82) is 0 Å². The standard InChI is InChI=1S/C21H28BrN5O/c1-23-21(24-14-19-4-3-5-20(25-19)28-2)26-18-10-12-27(13-11-18)15-16-6-8-17(22)9-7-16/h3-9,18H,10-15H2,1-2H3,(H2,23,24,26). The number of pyridine rings is 1. The Balaban J connectivity index is 1.42. The molecule has 2 aromatic rings. The van der Waals surface area contributed by atoms with E-state index in [2.05, 4.69) is 65.7 Å². The van der Waals surface area contributed by atoms with Crippen molar-refractivity contribution in [2.45, 2.75) is 32.0 Å². The van der Waals surface area contributed by atoms with Gasteiger partial charge in [-0.15, -0.1) is 0 Å². The van der Waals surface area contributed by atoms with Crippen LogP contribution in [0.2, 0.25) is 0 Å². The molecule has 3 rings (SSSR count). The minimum absolute atomic E-state index is 0.436. The van der Waals surface area contributed by atoms with Crippen LogP contribution >= 0.6 is 15.9 Å². The number of nitrogens with zero attached hydrogens (tertiary/aromatic N) is 3. The molecule has 0 radical (unpaired) electrons. The molecule has 1 aliphatic rings. The summed E-state index contributed by atoms with van der Waals surface area (Å²) in [7, 11) is 3.43. The van der Waals surface area contributed by atoms with E-state index in [1.807, 2.05) is 18.2 Å². The van der Waals surface area contributed by atoms with Crippen molar-refractivity contribution < 1.29 is 4.74 Å². The highest BCUT2D eigenvalue weighted by molar-refractivity contribution is 9.10. The molecule has 1 aromatic carbocycles. The third kappa shape index (κ3) is 6.21. The average molecular weight is 446 g/mol. The lowest BCUT2D eigenvalue weighted by atomic mass is 10.0. The van der Waals surface area contributed by atoms with E-state index in [0.29, 0.717) is 18.5 Å². The van der Waals surface area contributed by atoms with Crippen molar-refractivity contribution in [2.24, 2.45) is 4.99 Å². The van der Waals surface area contributed by atoms with Crippen LogP contribution in [0.3, 0.4) is 0 Å². The van der Waals surface area contributed by atoms with Gasteiger partial charge in [0.2, 0.25) is 5.88 Å². The second-order valence-electron chi connectivity index (χ2n) is 6.92. The summed E-state index contributed by atoms with van der Waals surface area (Å²) in [5.41, 5.74) is 2.28. The van der Waals surface area contributed by atoms with Crippen molar-refractivity contribution in [2.75, 3.05) is 27.2 Å². The van der Waals surface area contributed by atoms with Crippen LogP contribution in [-0.4, -0.2) is 49.1 Å². The summed E-state index contributed by atoms with van der Waals surface area (Å²) in [6.07, 6.45) is 2.21. The molecule has 2 N–H and O–H groups in total. The zero-order valence-electron chi connectivity index (χ0n) is 16.5. The number of guanidine groups is 1. The highest BCUT2D eigenvalue weighted by atomic mass is 79.9. The third-order valence-electron chi connectivity index (χ3n) is 4.90. The summed E-state index contributed by atoms with van der Waals surface area (Å²) in [6.45, 7) is 3.79. The molecule has 0 unspecified atom stereocenters. The fraction of sp³-hybridized carbons (Fsp3) is 0.429. The topological polar surface area (TPSA) is 61.8 Å². The number of likely N-dealkylation sites (tertiary alicyclic amines) is 1. The number of halogens is 1. The van der Waals surface area contributed by atoms with Crippen LogP contribution in [0.1, 0.15) is 24.1 Å². The number of rotatable bonds is 6. The number of ether oxygens (including phenoxy) is 1. The maximum Gasteiger partial charge on any atom is 0.213 e. The Morgan fingerprint density at radius 2 is 1.96 bits per heavy atom. The Labute approximate surface area is 175 Å². The summed E-state index contributed by atoms with van der Waals surface area (Å²) in [5.74, 6) is 1.44. The second-order valence-corrected chi connectivity index (χ2v) is 7.83. The number of piperidine rings is 1. The monoisotopic (exact) mass is 445 g/mol. The molecule has 1 aromatic heterocycles. The van der Waals surface area contributed by atoms with Crippen molar-refractivity contribution in [3.8, 4) is 5.88 Å². The summed E-state index contributed by atoms with van der Waals surface area (Å²) in [4.78, 5) is 11.3. The van der Waals surface area contributed by atoms with E-state index in [0.717, 1.165) is 48.6 Å². The first-order chi connectivity index (χ1) is 13.7. The zero-order chi connectivity index (χ0) is 19.8. The van der Waals surface area contributed by atoms with E-state index < -0.39 is 0 Å². The lowest BCUT2D eigenvalue weighted by molar-refractivity contribution is 0.198. The van der Waals surface area contributed by atoms with E-state index in [1.54, 1.807) is 14.2 Å². The Hall–Kier alpha value is -2.12. The number of aliphatic imine (C=N–C) groups is 1. The van der Waals surface area contributed by atoms with Crippen molar-refractivity contribution in [3.05, 3.63) is 58.2 Å². The zero-order valence-corrected chi connectivity index (χ0v) is 18.1.